The number of aromatic nitrogens is 3. The standard InChI is InChI=1S/C125H224N5S6/c1-8-15-21-27-33-39-45-51-57-63-69-75-81-87-93-103-131-117-109-115(110-118(132-104-94-88-82-76-70-64-58-52-46-40-34-28-22-16-9-2)121(117)135-107-97-91-85-79-73-67-61-55-49-43-37-31-25-19-12-5)126-124-128-123(114-101-99-113(14-7)100-102-114)129-125(130-124)127-116-111-119(133-105-95-89-83-77-71-65-59-53-47-41-35-29-23-17-10-3)122(136-108-98-92-86-80-74-68-62-56-50-44-38-32-26-20-13-6)120(112-116)134-106-96-90-84-78-72-66-60-54-48-42-36-30-24-18-11-4/h99-102,109-112H,7-98,103-108H2,1-6H3,(H2,126,127,128,129,130). The Hall–Kier alpha value is -1.63. The second-order valence-corrected chi connectivity index (χ2v) is 48.7. The summed E-state index contributed by atoms with van der Waals surface area (Å²) in [5, 5.41) is 7.98. The number of nitrogens with zero attached hydrogens (tertiary/aromatic N) is 3. The molecule has 0 fully saturated rings. The van der Waals surface area contributed by atoms with Crippen molar-refractivity contribution in [3.8, 4) is 11.4 Å². The first-order chi connectivity index (χ1) is 67.5. The first-order valence-electron chi connectivity index (χ1n) is 60.8. The Kier molecular flexibility index (Phi) is 92.5. The summed E-state index contributed by atoms with van der Waals surface area (Å²) in [6, 6.07) is 18.9. The van der Waals surface area contributed by atoms with Gasteiger partial charge in [-0.25, -0.2) is 0 Å². The molecule has 4 aromatic rings. The van der Waals surface area contributed by atoms with Gasteiger partial charge in [-0.05, 0) is 116 Å². The topological polar surface area (TPSA) is 62.7 Å². The number of unbranched alkanes of at least 4 members (excludes halogenated alkanes) is 84. The molecule has 0 saturated heterocycles. The Morgan fingerprint density at radius 2 is 0.346 bits per heavy atom. The van der Waals surface area contributed by atoms with E-state index in [1.807, 2.05) is 0 Å². The number of benzene rings is 3. The van der Waals surface area contributed by atoms with Crippen LogP contribution in [-0.4, -0.2) is 49.5 Å². The summed E-state index contributed by atoms with van der Waals surface area (Å²) in [4.78, 5) is 25.2. The summed E-state index contributed by atoms with van der Waals surface area (Å²) in [5.74, 6) is 8.87. The number of hydrogen-bond acceptors (Lipinski definition) is 11. The number of rotatable bonds is 108. The Morgan fingerprint density at radius 1 is 0.191 bits per heavy atom. The first-order valence-corrected chi connectivity index (χ1v) is 66.7. The van der Waals surface area contributed by atoms with Crippen molar-refractivity contribution >= 4 is 93.8 Å². The van der Waals surface area contributed by atoms with Gasteiger partial charge in [-0.3, -0.25) is 0 Å². The molecule has 2 N–H and O–H groups in total. The molecular weight excluding hydrogens is 1760 g/mol. The fourth-order valence-electron chi connectivity index (χ4n) is 19.6. The van der Waals surface area contributed by atoms with Crippen LogP contribution in [0.1, 0.15) is 625 Å². The van der Waals surface area contributed by atoms with Crippen molar-refractivity contribution in [1.29, 1.82) is 0 Å². The molecule has 0 aliphatic rings. The van der Waals surface area contributed by atoms with Crippen LogP contribution in [0.4, 0.5) is 23.3 Å². The molecule has 0 spiro atoms. The minimum absolute atomic E-state index is 0.602. The normalized spacial score (nSPS) is 11.7. The summed E-state index contributed by atoms with van der Waals surface area (Å²) in [6.07, 6.45) is 127. The highest BCUT2D eigenvalue weighted by molar-refractivity contribution is 8.04. The number of thioether (sulfide) groups is 6. The van der Waals surface area contributed by atoms with Crippen molar-refractivity contribution in [1.82, 2.24) is 15.0 Å². The monoisotopic (exact) mass is 1990 g/mol. The third-order valence-electron chi connectivity index (χ3n) is 28.7. The van der Waals surface area contributed by atoms with E-state index in [0.29, 0.717) is 17.7 Å². The summed E-state index contributed by atoms with van der Waals surface area (Å²) < 4.78 is 0. The summed E-state index contributed by atoms with van der Waals surface area (Å²) >= 11 is 12.9. The second-order valence-electron chi connectivity index (χ2n) is 41.9. The van der Waals surface area contributed by atoms with Gasteiger partial charge in [-0.2, -0.15) is 15.0 Å². The van der Waals surface area contributed by atoms with E-state index in [-0.39, 0.29) is 0 Å². The lowest BCUT2D eigenvalue weighted by atomic mass is 10.0. The molecule has 11 heteroatoms. The van der Waals surface area contributed by atoms with Crippen LogP contribution >= 0.6 is 70.6 Å². The lowest BCUT2D eigenvalue weighted by Gasteiger charge is -2.19. The van der Waals surface area contributed by atoms with Gasteiger partial charge in [0.1, 0.15) is 0 Å². The number of anilines is 4. The first kappa shape index (κ1) is 127. The van der Waals surface area contributed by atoms with E-state index in [2.05, 4.69) is 178 Å². The molecule has 0 unspecified atom stereocenters. The Morgan fingerprint density at radius 3 is 0.507 bits per heavy atom. The molecule has 1 heterocycles. The SMILES string of the molecule is [CH2]Cc1ccc(-c2nc(Nc3cc(SCCCCCCCCCCCCCCCCC)c(SCCCCCCCCCCCCCCCCC)c(SCCCCCCCCCCCCCCCCC)c3)nc(Nc3cc(SCCCCCCCCCCCCCCCCC)c(SCCCCCCCCCCCCCCCCC)c(SCCCCCCCCCCCCCCCCC)c3)n2)cc1. The Labute approximate surface area is 874 Å². The van der Waals surface area contributed by atoms with Crippen LogP contribution in [0.15, 0.2) is 77.9 Å². The van der Waals surface area contributed by atoms with Crippen molar-refractivity contribution in [2.45, 2.75) is 655 Å². The van der Waals surface area contributed by atoms with E-state index >= 15 is 0 Å². The molecule has 136 heavy (non-hydrogen) atoms. The highest BCUT2D eigenvalue weighted by Gasteiger charge is 2.20. The third kappa shape index (κ3) is 75.1. The van der Waals surface area contributed by atoms with Gasteiger partial charge in [0.2, 0.25) is 11.9 Å². The molecule has 5 nitrogen and oxygen atoms in total. The fraction of sp³-hybridized carbons (Fsp3) is 0.824. The molecule has 4 rings (SSSR count). The molecule has 1 radical (unpaired) electrons. The van der Waals surface area contributed by atoms with Gasteiger partial charge >= 0.3 is 0 Å². The maximum Gasteiger partial charge on any atom is 0.232 e. The van der Waals surface area contributed by atoms with Crippen LogP contribution in [0.2, 0.25) is 0 Å². The van der Waals surface area contributed by atoms with Crippen LogP contribution in [0, 0.1) is 6.92 Å². The van der Waals surface area contributed by atoms with Crippen molar-refractivity contribution < 1.29 is 0 Å². The highest BCUT2D eigenvalue weighted by Crippen LogP contribution is 2.46. The molecule has 0 aliphatic heterocycles. The van der Waals surface area contributed by atoms with Crippen molar-refractivity contribution in [2.75, 3.05) is 45.2 Å². The largest absolute Gasteiger partial charge is 0.324 e. The zero-order valence-electron chi connectivity index (χ0n) is 91.2. The fourth-order valence-corrected chi connectivity index (χ4v) is 27.2. The van der Waals surface area contributed by atoms with Gasteiger partial charge in [-0.15, -0.1) is 70.6 Å². The molecule has 1 aromatic heterocycles. The maximum atomic E-state index is 5.49. The summed E-state index contributed by atoms with van der Waals surface area (Å²) in [7, 11) is 0. The van der Waals surface area contributed by atoms with E-state index < -0.39 is 0 Å². The molecule has 0 amide bonds. The van der Waals surface area contributed by atoms with Crippen LogP contribution < -0.4 is 10.6 Å². The summed E-state index contributed by atoms with van der Waals surface area (Å²) in [6.45, 7) is 18.3. The second kappa shape index (κ2) is 99.3. The molecule has 785 valence electrons. The van der Waals surface area contributed by atoms with Gasteiger partial charge in [0.05, 0.1) is 0 Å². The minimum Gasteiger partial charge on any atom is -0.324 e. The Bertz CT molecular complexity index is 2870. The lowest BCUT2D eigenvalue weighted by molar-refractivity contribution is 0.535. The zero-order chi connectivity index (χ0) is 96.5. The van der Waals surface area contributed by atoms with E-state index in [9.17, 15) is 0 Å². The maximum absolute atomic E-state index is 5.49. The van der Waals surface area contributed by atoms with Crippen LogP contribution in [-0.2, 0) is 6.42 Å². The summed E-state index contributed by atoms with van der Waals surface area (Å²) in [5.41, 5.74) is 4.41. The van der Waals surface area contributed by atoms with Gasteiger partial charge in [-0.1, -0.05) is 605 Å². The van der Waals surface area contributed by atoms with E-state index in [0.717, 1.165) is 46.4 Å². The van der Waals surface area contributed by atoms with E-state index in [1.54, 1.807) is 0 Å². The zero-order valence-corrected chi connectivity index (χ0v) is 96.1. The van der Waals surface area contributed by atoms with Crippen molar-refractivity contribution in [2.24, 2.45) is 0 Å². The van der Waals surface area contributed by atoms with Gasteiger partial charge in [0.15, 0.2) is 5.82 Å². The smallest absolute Gasteiger partial charge is 0.232 e. The molecule has 0 saturated carbocycles. The highest BCUT2D eigenvalue weighted by atomic mass is 32.2. The average molecular weight is 1990 g/mol. The van der Waals surface area contributed by atoms with Crippen LogP contribution in [0.3, 0.4) is 0 Å². The quantitative estimate of drug-likeness (QED) is 0.0328. The predicted molar refractivity (Wildman–Crippen MR) is 628 cm³/mol. The third-order valence-corrected chi connectivity index (χ3v) is 36.2. The predicted octanol–water partition coefficient (Wildman–Crippen LogP) is 47.2. The molecule has 0 aliphatic carbocycles. The van der Waals surface area contributed by atoms with Gasteiger partial charge in [0.25, 0.3) is 0 Å². The van der Waals surface area contributed by atoms with Gasteiger partial charge in [0, 0.05) is 46.3 Å². The molecular formula is C125H224N5S6. The van der Waals surface area contributed by atoms with Gasteiger partial charge < -0.3 is 10.6 Å². The average Bonchev–Trinajstić information content (AvgIpc) is 0.798. The minimum atomic E-state index is 0.602. The lowest BCUT2D eigenvalue weighted by Crippen LogP contribution is -2.06. The number of nitrogens with one attached hydrogen (secondary N) is 2. The van der Waals surface area contributed by atoms with Crippen LogP contribution in [0.5, 0.6) is 0 Å². The van der Waals surface area contributed by atoms with E-state index in [1.165, 1.54) is 624 Å². The van der Waals surface area contributed by atoms with Crippen molar-refractivity contribution in [3.05, 3.63) is 61.0 Å². The molecule has 3 aromatic carbocycles. The van der Waals surface area contributed by atoms with E-state index in [4.69, 9.17) is 15.0 Å². The molecule has 0 atom stereocenters. The molecule has 0 bridgehead atoms. The Balaban J connectivity index is 1.70. The number of hydrogen-bond donors (Lipinski definition) is 2. The van der Waals surface area contributed by atoms with Crippen molar-refractivity contribution in [3.63, 3.8) is 0 Å². The van der Waals surface area contributed by atoms with Crippen LogP contribution in [0.25, 0.3) is 11.4 Å².